The van der Waals surface area contributed by atoms with E-state index >= 15 is 0 Å². The summed E-state index contributed by atoms with van der Waals surface area (Å²) in [7, 11) is 3.87. The first-order valence-electron chi connectivity index (χ1n) is 5.38. The molecule has 0 spiro atoms. The Kier molecular flexibility index (Phi) is 5.19. The van der Waals surface area contributed by atoms with E-state index in [9.17, 15) is 4.39 Å². The van der Waals surface area contributed by atoms with E-state index in [1.54, 1.807) is 12.1 Å². The Morgan fingerprint density at radius 1 is 1.44 bits per heavy atom. The minimum atomic E-state index is -0.207. The summed E-state index contributed by atoms with van der Waals surface area (Å²) in [5.41, 5.74) is 0.637. The second kappa shape index (κ2) is 6.18. The maximum Gasteiger partial charge on any atom is 0.128 e. The quantitative estimate of drug-likeness (QED) is 0.857. The number of halogens is 2. The number of likely N-dealkylation sites (N-methyl/N-ethyl adjacent to an activating group) is 2. The van der Waals surface area contributed by atoms with Crippen molar-refractivity contribution in [3.8, 4) is 0 Å². The summed E-state index contributed by atoms with van der Waals surface area (Å²) in [6.07, 6.45) is 0. The van der Waals surface area contributed by atoms with E-state index in [0.717, 1.165) is 6.54 Å². The predicted molar refractivity (Wildman–Crippen MR) is 66.4 cm³/mol. The monoisotopic (exact) mass is 244 g/mol. The highest BCUT2D eigenvalue weighted by Crippen LogP contribution is 2.24. The van der Waals surface area contributed by atoms with Crippen LogP contribution in [0.25, 0.3) is 0 Å². The summed E-state index contributed by atoms with van der Waals surface area (Å²) in [6, 6.07) is 4.68. The molecule has 1 rings (SSSR count). The molecule has 0 radical (unpaired) electrons. The molecule has 1 N–H and O–H groups in total. The Hall–Kier alpha value is -0.640. The lowest BCUT2D eigenvalue weighted by Crippen LogP contribution is -2.31. The average molecular weight is 245 g/mol. The maximum absolute atomic E-state index is 13.7. The van der Waals surface area contributed by atoms with E-state index < -0.39 is 0 Å². The summed E-state index contributed by atoms with van der Waals surface area (Å²) in [5, 5.41) is 3.79. The number of hydrogen-bond acceptors (Lipinski definition) is 2. The third-order valence-corrected chi connectivity index (χ3v) is 2.76. The fourth-order valence-electron chi connectivity index (χ4n) is 1.62. The van der Waals surface area contributed by atoms with Crippen molar-refractivity contribution in [2.75, 3.05) is 27.2 Å². The SMILES string of the molecule is CCNCC(c1cc(Cl)ccc1F)N(C)C. The zero-order valence-corrected chi connectivity index (χ0v) is 10.7. The summed E-state index contributed by atoms with van der Waals surface area (Å²) in [4.78, 5) is 1.98. The fourth-order valence-corrected chi connectivity index (χ4v) is 1.80. The van der Waals surface area contributed by atoms with Crippen LogP contribution in [0.2, 0.25) is 5.02 Å². The van der Waals surface area contributed by atoms with E-state index in [1.165, 1.54) is 6.07 Å². The molecule has 0 heterocycles. The van der Waals surface area contributed by atoms with Gasteiger partial charge in [-0.05, 0) is 38.8 Å². The molecule has 0 saturated carbocycles. The van der Waals surface area contributed by atoms with Gasteiger partial charge in [0, 0.05) is 23.2 Å². The summed E-state index contributed by atoms with van der Waals surface area (Å²) in [5.74, 6) is -0.207. The maximum atomic E-state index is 13.7. The van der Waals surface area contributed by atoms with E-state index in [0.29, 0.717) is 17.1 Å². The molecule has 0 bridgehead atoms. The van der Waals surface area contributed by atoms with Crippen molar-refractivity contribution in [3.63, 3.8) is 0 Å². The van der Waals surface area contributed by atoms with Crippen LogP contribution in [-0.4, -0.2) is 32.1 Å². The predicted octanol–water partition coefficient (Wildman–Crippen LogP) is 2.69. The molecule has 90 valence electrons. The Bertz CT molecular complexity index is 342. The van der Waals surface area contributed by atoms with E-state index in [4.69, 9.17) is 11.6 Å². The number of benzene rings is 1. The minimum absolute atomic E-state index is 0.00125. The molecule has 0 fully saturated rings. The summed E-state index contributed by atoms with van der Waals surface area (Å²) in [6.45, 7) is 3.61. The molecule has 0 amide bonds. The molecule has 4 heteroatoms. The van der Waals surface area contributed by atoms with Gasteiger partial charge in [0.05, 0.1) is 0 Å². The van der Waals surface area contributed by atoms with Gasteiger partial charge >= 0.3 is 0 Å². The Morgan fingerprint density at radius 3 is 2.69 bits per heavy atom. The van der Waals surface area contributed by atoms with Crippen molar-refractivity contribution in [1.82, 2.24) is 10.2 Å². The van der Waals surface area contributed by atoms with Crippen LogP contribution in [0.5, 0.6) is 0 Å². The minimum Gasteiger partial charge on any atom is -0.315 e. The number of nitrogens with zero attached hydrogens (tertiary/aromatic N) is 1. The first-order chi connectivity index (χ1) is 7.56. The van der Waals surface area contributed by atoms with Crippen molar-refractivity contribution in [2.24, 2.45) is 0 Å². The molecule has 0 aliphatic carbocycles. The molecule has 1 unspecified atom stereocenters. The molecule has 0 saturated heterocycles. The zero-order chi connectivity index (χ0) is 12.1. The molecule has 1 aromatic carbocycles. The van der Waals surface area contributed by atoms with Crippen LogP contribution in [0.3, 0.4) is 0 Å². The normalized spacial score (nSPS) is 13.1. The first kappa shape index (κ1) is 13.4. The molecule has 16 heavy (non-hydrogen) atoms. The summed E-state index contributed by atoms with van der Waals surface area (Å²) >= 11 is 5.89. The molecule has 2 nitrogen and oxygen atoms in total. The van der Waals surface area contributed by atoms with Gasteiger partial charge in [0.25, 0.3) is 0 Å². The van der Waals surface area contributed by atoms with Gasteiger partial charge in [0.2, 0.25) is 0 Å². The average Bonchev–Trinajstić information content (AvgIpc) is 2.23. The van der Waals surface area contributed by atoms with Crippen LogP contribution in [0.4, 0.5) is 4.39 Å². The van der Waals surface area contributed by atoms with Gasteiger partial charge in [-0.15, -0.1) is 0 Å². The van der Waals surface area contributed by atoms with Crippen molar-refractivity contribution in [2.45, 2.75) is 13.0 Å². The highest BCUT2D eigenvalue weighted by atomic mass is 35.5. The lowest BCUT2D eigenvalue weighted by atomic mass is 10.1. The molecule has 1 atom stereocenters. The molecular formula is C12H18ClFN2. The molecule has 0 aromatic heterocycles. The van der Waals surface area contributed by atoms with Gasteiger partial charge in [0.15, 0.2) is 0 Å². The van der Waals surface area contributed by atoms with Crippen molar-refractivity contribution >= 4 is 11.6 Å². The standard InChI is InChI=1S/C12H18ClFN2/c1-4-15-8-12(16(2)3)10-7-9(13)5-6-11(10)14/h5-7,12,15H,4,8H2,1-3H3. The van der Waals surface area contributed by atoms with E-state index in [2.05, 4.69) is 5.32 Å². The lowest BCUT2D eigenvalue weighted by molar-refractivity contribution is 0.283. The van der Waals surface area contributed by atoms with E-state index in [-0.39, 0.29) is 11.9 Å². The Morgan fingerprint density at radius 2 is 2.12 bits per heavy atom. The van der Waals surface area contributed by atoms with E-state index in [1.807, 2.05) is 25.9 Å². The summed E-state index contributed by atoms with van der Waals surface area (Å²) < 4.78 is 13.7. The van der Waals surface area contributed by atoms with Crippen LogP contribution in [0.15, 0.2) is 18.2 Å². The van der Waals surface area contributed by atoms with Crippen molar-refractivity contribution < 1.29 is 4.39 Å². The highest BCUT2D eigenvalue weighted by Gasteiger charge is 2.17. The highest BCUT2D eigenvalue weighted by molar-refractivity contribution is 6.30. The number of hydrogen-bond donors (Lipinski definition) is 1. The van der Waals surface area contributed by atoms with Gasteiger partial charge < -0.3 is 10.2 Å². The third-order valence-electron chi connectivity index (χ3n) is 2.53. The number of nitrogens with one attached hydrogen (secondary N) is 1. The Balaban J connectivity index is 2.95. The Labute approximate surface area is 101 Å². The fraction of sp³-hybridized carbons (Fsp3) is 0.500. The second-order valence-corrected chi connectivity index (χ2v) is 4.39. The molecule has 1 aromatic rings. The zero-order valence-electron chi connectivity index (χ0n) is 9.93. The van der Waals surface area contributed by atoms with Crippen molar-refractivity contribution in [3.05, 3.63) is 34.6 Å². The molecular weight excluding hydrogens is 227 g/mol. The largest absolute Gasteiger partial charge is 0.315 e. The smallest absolute Gasteiger partial charge is 0.128 e. The van der Waals surface area contributed by atoms with Gasteiger partial charge in [-0.25, -0.2) is 4.39 Å². The van der Waals surface area contributed by atoms with Crippen LogP contribution in [-0.2, 0) is 0 Å². The number of rotatable bonds is 5. The molecule has 0 aliphatic heterocycles. The first-order valence-corrected chi connectivity index (χ1v) is 5.76. The lowest BCUT2D eigenvalue weighted by Gasteiger charge is -2.25. The van der Waals surface area contributed by atoms with Crippen molar-refractivity contribution in [1.29, 1.82) is 0 Å². The van der Waals surface area contributed by atoms with Crippen LogP contribution in [0, 0.1) is 5.82 Å². The van der Waals surface area contributed by atoms with Gasteiger partial charge in [-0.2, -0.15) is 0 Å². The molecule has 0 aliphatic rings. The van der Waals surface area contributed by atoms with Gasteiger partial charge in [-0.1, -0.05) is 18.5 Å². The van der Waals surface area contributed by atoms with Gasteiger partial charge in [-0.3, -0.25) is 0 Å². The second-order valence-electron chi connectivity index (χ2n) is 3.95. The van der Waals surface area contributed by atoms with Crippen LogP contribution < -0.4 is 5.32 Å². The van der Waals surface area contributed by atoms with Crippen LogP contribution in [0.1, 0.15) is 18.5 Å². The van der Waals surface area contributed by atoms with Gasteiger partial charge in [0.1, 0.15) is 5.82 Å². The topological polar surface area (TPSA) is 15.3 Å². The third kappa shape index (κ3) is 3.44. The van der Waals surface area contributed by atoms with Crippen LogP contribution >= 0.6 is 11.6 Å².